The molecule has 0 spiro atoms. The molecule has 2 heterocycles. The van der Waals surface area contributed by atoms with E-state index in [4.69, 9.17) is 9.47 Å². The van der Waals surface area contributed by atoms with E-state index in [1.54, 1.807) is 0 Å². The maximum atomic E-state index is 5.63. The quantitative estimate of drug-likeness (QED) is 0.896. The van der Waals surface area contributed by atoms with Crippen molar-refractivity contribution >= 4 is 0 Å². The fourth-order valence-electron chi connectivity index (χ4n) is 1.99. The van der Waals surface area contributed by atoms with Crippen LogP contribution in [0.5, 0.6) is 5.88 Å². The van der Waals surface area contributed by atoms with Gasteiger partial charge in [-0.1, -0.05) is 0 Å². The van der Waals surface area contributed by atoms with Crippen LogP contribution in [0.1, 0.15) is 45.7 Å². The van der Waals surface area contributed by atoms with E-state index in [0.717, 1.165) is 25.1 Å². The van der Waals surface area contributed by atoms with Gasteiger partial charge in [0, 0.05) is 24.8 Å². The molecule has 1 N–H and O–H groups in total. The minimum absolute atomic E-state index is 0.0785. The van der Waals surface area contributed by atoms with Gasteiger partial charge in [0.1, 0.15) is 6.61 Å². The van der Waals surface area contributed by atoms with Gasteiger partial charge in [0.25, 0.3) is 0 Å². The van der Waals surface area contributed by atoms with Crippen LogP contribution in [0.15, 0.2) is 12.1 Å². The number of ether oxygens (including phenoxy) is 2. The van der Waals surface area contributed by atoms with Crippen molar-refractivity contribution in [2.75, 3.05) is 13.2 Å². The van der Waals surface area contributed by atoms with Gasteiger partial charge in [0.05, 0.1) is 11.8 Å². The Morgan fingerprint density at radius 2 is 2.15 bits per heavy atom. The summed E-state index contributed by atoms with van der Waals surface area (Å²) >= 11 is 0. The van der Waals surface area contributed by atoms with E-state index >= 15 is 0 Å². The molecule has 112 valence electrons. The second kappa shape index (κ2) is 6.99. The van der Waals surface area contributed by atoms with Crippen molar-refractivity contribution in [3.05, 3.63) is 17.8 Å². The summed E-state index contributed by atoms with van der Waals surface area (Å²) < 4.78 is 11.2. The van der Waals surface area contributed by atoms with Crippen molar-refractivity contribution in [1.29, 1.82) is 0 Å². The normalized spacial score (nSPS) is 19.9. The molecular weight excluding hydrogens is 254 g/mol. The summed E-state index contributed by atoms with van der Waals surface area (Å²) in [7, 11) is 0. The predicted molar refractivity (Wildman–Crippen MR) is 77.7 cm³/mol. The molecule has 2 rings (SSSR count). The molecule has 0 aromatic carbocycles. The Balaban J connectivity index is 1.76. The molecule has 1 atom stereocenters. The molecule has 1 aromatic heterocycles. The van der Waals surface area contributed by atoms with Crippen molar-refractivity contribution in [2.45, 2.75) is 58.2 Å². The van der Waals surface area contributed by atoms with Gasteiger partial charge in [-0.05, 0) is 46.1 Å². The van der Waals surface area contributed by atoms with Crippen LogP contribution in [-0.2, 0) is 11.3 Å². The molecule has 1 aromatic rings. The first kappa shape index (κ1) is 15.2. The predicted octanol–water partition coefficient (Wildman–Crippen LogP) is 2.31. The first-order chi connectivity index (χ1) is 9.53. The second-order valence-electron chi connectivity index (χ2n) is 6.27. The van der Waals surface area contributed by atoms with Crippen molar-refractivity contribution in [2.24, 2.45) is 0 Å². The topological polar surface area (TPSA) is 56.3 Å². The van der Waals surface area contributed by atoms with Crippen LogP contribution < -0.4 is 10.1 Å². The Morgan fingerprint density at radius 3 is 2.75 bits per heavy atom. The Bertz CT molecular complexity index is 395. The molecule has 0 aliphatic carbocycles. The molecular formula is C15H25N3O2. The Kier molecular flexibility index (Phi) is 5.31. The molecule has 1 fully saturated rings. The summed E-state index contributed by atoms with van der Waals surface area (Å²) in [6.07, 6.45) is 3.65. The van der Waals surface area contributed by atoms with Gasteiger partial charge in [-0.15, -0.1) is 5.10 Å². The number of rotatable bonds is 5. The minimum atomic E-state index is 0.0785. The smallest absolute Gasteiger partial charge is 0.233 e. The fourth-order valence-corrected chi connectivity index (χ4v) is 1.99. The van der Waals surface area contributed by atoms with Crippen molar-refractivity contribution in [3.63, 3.8) is 0 Å². The summed E-state index contributed by atoms with van der Waals surface area (Å²) in [5, 5.41) is 11.6. The van der Waals surface area contributed by atoms with Crippen LogP contribution in [-0.4, -0.2) is 35.1 Å². The van der Waals surface area contributed by atoms with Crippen LogP contribution in [0.25, 0.3) is 0 Å². The lowest BCUT2D eigenvalue weighted by molar-refractivity contribution is -0.0121. The molecule has 20 heavy (non-hydrogen) atoms. The van der Waals surface area contributed by atoms with Crippen LogP contribution >= 0.6 is 0 Å². The lowest BCUT2D eigenvalue weighted by atomic mass is 10.1. The van der Waals surface area contributed by atoms with Crippen LogP contribution in [0.4, 0.5) is 0 Å². The van der Waals surface area contributed by atoms with E-state index in [9.17, 15) is 0 Å². The van der Waals surface area contributed by atoms with Crippen LogP contribution in [0.3, 0.4) is 0 Å². The van der Waals surface area contributed by atoms with Gasteiger partial charge >= 0.3 is 0 Å². The van der Waals surface area contributed by atoms with Gasteiger partial charge in [0.15, 0.2) is 0 Å². The molecule has 0 amide bonds. The largest absolute Gasteiger partial charge is 0.474 e. The molecule has 0 radical (unpaired) electrons. The molecule has 1 aliphatic rings. The molecule has 5 heteroatoms. The van der Waals surface area contributed by atoms with E-state index in [1.807, 2.05) is 12.1 Å². The van der Waals surface area contributed by atoms with Gasteiger partial charge in [-0.2, -0.15) is 5.10 Å². The number of aromatic nitrogens is 2. The molecule has 0 saturated carbocycles. The fraction of sp³-hybridized carbons (Fsp3) is 0.733. The van der Waals surface area contributed by atoms with Gasteiger partial charge < -0.3 is 14.8 Å². The maximum absolute atomic E-state index is 5.63. The summed E-state index contributed by atoms with van der Waals surface area (Å²) in [4.78, 5) is 0. The van der Waals surface area contributed by atoms with E-state index < -0.39 is 0 Å². The highest BCUT2D eigenvalue weighted by atomic mass is 16.5. The highest BCUT2D eigenvalue weighted by Crippen LogP contribution is 2.14. The van der Waals surface area contributed by atoms with Gasteiger partial charge in [-0.25, -0.2) is 0 Å². The average molecular weight is 279 g/mol. The van der Waals surface area contributed by atoms with Gasteiger partial charge in [-0.3, -0.25) is 0 Å². The minimum Gasteiger partial charge on any atom is -0.474 e. The number of nitrogens with zero attached hydrogens (tertiary/aromatic N) is 2. The van der Waals surface area contributed by atoms with E-state index in [0.29, 0.717) is 19.0 Å². The van der Waals surface area contributed by atoms with Gasteiger partial charge in [0.2, 0.25) is 5.88 Å². The molecule has 1 saturated heterocycles. The summed E-state index contributed by atoms with van der Waals surface area (Å²) in [6, 6.07) is 3.82. The zero-order chi connectivity index (χ0) is 14.4. The lowest BCUT2D eigenvalue weighted by Crippen LogP contribution is -2.35. The Morgan fingerprint density at radius 1 is 1.30 bits per heavy atom. The highest BCUT2D eigenvalue weighted by molar-refractivity contribution is 5.11. The summed E-state index contributed by atoms with van der Waals surface area (Å²) in [5.74, 6) is 0.568. The third-order valence-electron chi connectivity index (χ3n) is 3.19. The monoisotopic (exact) mass is 279 g/mol. The second-order valence-corrected chi connectivity index (χ2v) is 6.27. The molecule has 0 bridgehead atoms. The lowest BCUT2D eigenvalue weighted by Gasteiger charge is -2.22. The van der Waals surface area contributed by atoms with Crippen LogP contribution in [0.2, 0.25) is 0 Å². The van der Waals surface area contributed by atoms with Crippen molar-refractivity contribution in [3.8, 4) is 5.88 Å². The standard InChI is InChI=1S/C15H25N3O2/c1-15(2,3)16-10-12-7-8-14(18-17-12)20-11-13-6-4-5-9-19-13/h7-8,13,16H,4-6,9-11H2,1-3H3. The zero-order valence-corrected chi connectivity index (χ0v) is 12.7. The van der Waals surface area contributed by atoms with Crippen LogP contribution in [0, 0.1) is 0 Å². The number of hydrogen-bond donors (Lipinski definition) is 1. The number of nitrogens with one attached hydrogen (secondary N) is 1. The molecule has 1 aliphatic heterocycles. The van der Waals surface area contributed by atoms with E-state index in [2.05, 4.69) is 36.3 Å². The third kappa shape index (κ3) is 5.43. The van der Waals surface area contributed by atoms with E-state index in [-0.39, 0.29) is 11.6 Å². The van der Waals surface area contributed by atoms with Crippen molar-refractivity contribution in [1.82, 2.24) is 15.5 Å². The van der Waals surface area contributed by atoms with E-state index in [1.165, 1.54) is 6.42 Å². The number of hydrogen-bond acceptors (Lipinski definition) is 5. The highest BCUT2D eigenvalue weighted by Gasteiger charge is 2.15. The zero-order valence-electron chi connectivity index (χ0n) is 12.7. The van der Waals surface area contributed by atoms with Crippen molar-refractivity contribution < 1.29 is 9.47 Å². The SMILES string of the molecule is CC(C)(C)NCc1ccc(OCC2CCCCO2)nn1. The average Bonchev–Trinajstić information content (AvgIpc) is 2.44. The first-order valence-electron chi connectivity index (χ1n) is 7.35. The Hall–Kier alpha value is -1.20. The third-order valence-corrected chi connectivity index (χ3v) is 3.19. The summed E-state index contributed by atoms with van der Waals surface area (Å²) in [6.45, 7) is 8.50. The molecule has 1 unspecified atom stereocenters. The Labute approximate surface area is 121 Å². The summed E-state index contributed by atoms with van der Waals surface area (Å²) in [5.41, 5.74) is 0.996. The first-order valence-corrected chi connectivity index (χ1v) is 7.35. The maximum Gasteiger partial charge on any atom is 0.233 e. The molecule has 5 nitrogen and oxygen atoms in total.